The van der Waals surface area contributed by atoms with Crippen LogP contribution in [-0.2, 0) is 6.54 Å². The smallest absolute Gasteiger partial charge is 0.315 e. The number of likely N-dealkylation sites (tertiary alicyclic amines) is 1. The first-order valence-corrected chi connectivity index (χ1v) is 10.2. The summed E-state index contributed by atoms with van der Waals surface area (Å²) in [6.45, 7) is 4.59. The van der Waals surface area contributed by atoms with Crippen molar-refractivity contribution in [3.05, 3.63) is 65.0 Å². The minimum atomic E-state index is -0.255. The molecule has 0 saturated carbocycles. The Kier molecular flexibility index (Phi) is 7.47. The first kappa shape index (κ1) is 21.1. The molecule has 6 heteroatoms. The molecule has 1 fully saturated rings. The van der Waals surface area contributed by atoms with E-state index in [1.807, 2.05) is 18.2 Å². The topological polar surface area (TPSA) is 53.6 Å². The Morgan fingerprint density at radius 2 is 1.83 bits per heavy atom. The number of piperidine rings is 1. The highest BCUT2D eigenvalue weighted by Crippen LogP contribution is 2.25. The lowest BCUT2D eigenvalue weighted by Gasteiger charge is -2.35. The van der Waals surface area contributed by atoms with Crippen LogP contribution in [0.15, 0.2) is 42.5 Å². The molecule has 1 unspecified atom stereocenters. The Labute approximate surface area is 172 Å². The molecule has 1 heterocycles. The van der Waals surface area contributed by atoms with Crippen LogP contribution in [-0.4, -0.2) is 37.7 Å². The molecule has 0 aromatic heterocycles. The van der Waals surface area contributed by atoms with Gasteiger partial charge in [0, 0.05) is 13.1 Å². The Morgan fingerprint density at radius 1 is 1.10 bits per heavy atom. The molecular weight excluding hydrogens is 369 g/mol. The van der Waals surface area contributed by atoms with Gasteiger partial charge in [-0.1, -0.05) is 30.7 Å². The lowest BCUT2D eigenvalue weighted by atomic mass is 10.0. The van der Waals surface area contributed by atoms with Gasteiger partial charge in [0.05, 0.1) is 13.2 Å². The zero-order chi connectivity index (χ0) is 20.6. The number of methoxy groups -OCH3 is 1. The first-order valence-electron chi connectivity index (χ1n) is 10.2. The van der Waals surface area contributed by atoms with Crippen LogP contribution < -0.4 is 15.4 Å². The Hall–Kier alpha value is -2.60. The van der Waals surface area contributed by atoms with Crippen molar-refractivity contribution in [3.8, 4) is 5.75 Å². The zero-order valence-electron chi connectivity index (χ0n) is 17.2. The van der Waals surface area contributed by atoms with Crippen molar-refractivity contribution in [2.24, 2.45) is 0 Å². The molecule has 0 radical (unpaired) electrons. The van der Waals surface area contributed by atoms with E-state index in [0.717, 1.165) is 30.0 Å². The minimum Gasteiger partial charge on any atom is -0.497 e. The van der Waals surface area contributed by atoms with Crippen LogP contribution in [0.3, 0.4) is 0 Å². The van der Waals surface area contributed by atoms with Gasteiger partial charge in [0.2, 0.25) is 0 Å². The van der Waals surface area contributed by atoms with Crippen LogP contribution >= 0.6 is 0 Å². The highest BCUT2D eigenvalue weighted by atomic mass is 19.1. The summed E-state index contributed by atoms with van der Waals surface area (Å²) in [6.07, 6.45) is 3.61. The number of hydrogen-bond acceptors (Lipinski definition) is 3. The van der Waals surface area contributed by atoms with E-state index in [1.165, 1.54) is 25.3 Å². The monoisotopic (exact) mass is 399 g/mol. The molecule has 3 rings (SSSR count). The number of halogens is 1. The van der Waals surface area contributed by atoms with Crippen LogP contribution in [0.4, 0.5) is 9.18 Å². The van der Waals surface area contributed by atoms with Gasteiger partial charge in [-0.15, -0.1) is 0 Å². The number of ether oxygens (including phenoxy) is 1. The lowest BCUT2D eigenvalue weighted by molar-refractivity contribution is 0.160. The fourth-order valence-electron chi connectivity index (χ4n) is 3.69. The Balaban J connectivity index is 1.59. The van der Waals surface area contributed by atoms with E-state index < -0.39 is 0 Å². The third-order valence-electron chi connectivity index (χ3n) is 5.48. The SMILES string of the molecule is COc1ccc(C(CNC(=O)NCc2ccc(C)c(F)c2)N2CCCCC2)cc1. The molecule has 156 valence electrons. The maximum atomic E-state index is 13.7. The van der Waals surface area contributed by atoms with E-state index in [4.69, 9.17) is 4.74 Å². The number of urea groups is 1. The molecule has 2 amide bonds. The number of aryl methyl sites for hydroxylation is 1. The van der Waals surface area contributed by atoms with Crippen molar-refractivity contribution < 1.29 is 13.9 Å². The molecule has 1 aliphatic heterocycles. The molecule has 1 atom stereocenters. The van der Waals surface area contributed by atoms with Gasteiger partial charge < -0.3 is 15.4 Å². The average molecular weight is 400 g/mol. The molecule has 2 N–H and O–H groups in total. The summed E-state index contributed by atoms with van der Waals surface area (Å²) in [4.78, 5) is 14.8. The Morgan fingerprint density at radius 3 is 2.48 bits per heavy atom. The van der Waals surface area contributed by atoms with Crippen molar-refractivity contribution in [2.75, 3.05) is 26.7 Å². The van der Waals surface area contributed by atoms with E-state index in [-0.39, 0.29) is 17.9 Å². The Bertz CT molecular complexity index is 804. The second-order valence-electron chi connectivity index (χ2n) is 7.53. The van der Waals surface area contributed by atoms with Crippen LogP contribution in [0.25, 0.3) is 0 Å². The molecule has 2 aromatic rings. The third-order valence-corrected chi connectivity index (χ3v) is 5.48. The quantitative estimate of drug-likeness (QED) is 0.735. The van der Waals surface area contributed by atoms with Crippen LogP contribution in [0.2, 0.25) is 0 Å². The molecule has 5 nitrogen and oxygen atoms in total. The summed E-state index contributed by atoms with van der Waals surface area (Å²) >= 11 is 0. The number of carbonyl (C=O) groups is 1. The number of benzene rings is 2. The highest BCUT2D eigenvalue weighted by molar-refractivity contribution is 5.73. The van der Waals surface area contributed by atoms with Gasteiger partial charge >= 0.3 is 6.03 Å². The highest BCUT2D eigenvalue weighted by Gasteiger charge is 2.23. The largest absolute Gasteiger partial charge is 0.497 e. The van der Waals surface area contributed by atoms with Gasteiger partial charge in [0.1, 0.15) is 11.6 Å². The van der Waals surface area contributed by atoms with E-state index in [9.17, 15) is 9.18 Å². The van der Waals surface area contributed by atoms with Gasteiger partial charge in [-0.25, -0.2) is 9.18 Å². The maximum Gasteiger partial charge on any atom is 0.315 e. The second kappa shape index (κ2) is 10.3. The molecule has 0 aliphatic carbocycles. The van der Waals surface area contributed by atoms with E-state index in [1.54, 1.807) is 20.1 Å². The molecule has 1 saturated heterocycles. The van der Waals surface area contributed by atoms with Crippen molar-refractivity contribution in [1.29, 1.82) is 0 Å². The third kappa shape index (κ3) is 5.94. The summed E-state index contributed by atoms with van der Waals surface area (Å²) < 4.78 is 18.9. The molecule has 2 aromatic carbocycles. The fraction of sp³-hybridized carbons (Fsp3) is 0.435. The summed E-state index contributed by atoms with van der Waals surface area (Å²) in [6, 6.07) is 12.9. The lowest BCUT2D eigenvalue weighted by Crippen LogP contribution is -2.43. The second-order valence-corrected chi connectivity index (χ2v) is 7.53. The summed E-state index contributed by atoms with van der Waals surface area (Å²) in [7, 11) is 1.66. The molecule has 0 spiro atoms. The van der Waals surface area contributed by atoms with Crippen molar-refractivity contribution in [1.82, 2.24) is 15.5 Å². The molecule has 29 heavy (non-hydrogen) atoms. The van der Waals surface area contributed by atoms with Gasteiger partial charge in [-0.05, 0) is 67.7 Å². The first-order chi connectivity index (χ1) is 14.1. The van der Waals surface area contributed by atoms with Gasteiger partial charge in [-0.2, -0.15) is 0 Å². The number of rotatable bonds is 7. The van der Waals surface area contributed by atoms with Crippen molar-refractivity contribution in [2.45, 2.75) is 38.8 Å². The number of carbonyl (C=O) groups excluding carboxylic acids is 1. The van der Waals surface area contributed by atoms with Gasteiger partial charge in [-0.3, -0.25) is 4.90 Å². The number of nitrogens with zero attached hydrogens (tertiary/aromatic N) is 1. The molecule has 1 aliphatic rings. The predicted molar refractivity (Wildman–Crippen MR) is 113 cm³/mol. The van der Waals surface area contributed by atoms with Crippen LogP contribution in [0.1, 0.15) is 42.0 Å². The van der Waals surface area contributed by atoms with Crippen LogP contribution in [0, 0.1) is 12.7 Å². The van der Waals surface area contributed by atoms with Gasteiger partial charge in [0.15, 0.2) is 0 Å². The van der Waals surface area contributed by atoms with Crippen molar-refractivity contribution >= 4 is 6.03 Å². The number of amides is 2. The van der Waals surface area contributed by atoms with Gasteiger partial charge in [0.25, 0.3) is 0 Å². The van der Waals surface area contributed by atoms with E-state index in [0.29, 0.717) is 18.7 Å². The minimum absolute atomic E-state index is 0.115. The van der Waals surface area contributed by atoms with E-state index >= 15 is 0 Å². The zero-order valence-corrected chi connectivity index (χ0v) is 17.2. The number of nitrogens with one attached hydrogen (secondary N) is 2. The predicted octanol–water partition coefficient (Wildman–Crippen LogP) is 4.17. The maximum absolute atomic E-state index is 13.7. The average Bonchev–Trinajstić information content (AvgIpc) is 2.76. The molecule has 0 bridgehead atoms. The standard InChI is InChI=1S/C23H30FN3O2/c1-17-6-7-18(14-21(17)24)15-25-23(28)26-16-22(27-12-4-3-5-13-27)19-8-10-20(29-2)11-9-19/h6-11,14,22H,3-5,12-13,15-16H2,1-2H3,(H2,25,26,28). The van der Waals surface area contributed by atoms with E-state index in [2.05, 4.69) is 27.7 Å². The normalized spacial score (nSPS) is 15.6. The summed E-state index contributed by atoms with van der Waals surface area (Å²) in [5.74, 6) is 0.566. The number of hydrogen-bond donors (Lipinski definition) is 2. The van der Waals surface area contributed by atoms with Crippen molar-refractivity contribution in [3.63, 3.8) is 0 Å². The summed E-state index contributed by atoms with van der Waals surface area (Å²) in [5.41, 5.74) is 2.50. The molecular formula is C23H30FN3O2. The van der Waals surface area contributed by atoms with Crippen LogP contribution in [0.5, 0.6) is 5.75 Å². The fourth-order valence-corrected chi connectivity index (χ4v) is 3.69. The summed E-state index contributed by atoms with van der Waals surface area (Å²) in [5, 5.41) is 5.81.